The maximum Gasteiger partial charge on any atom is 0.263 e. The number of aryl methyl sites for hydroxylation is 2. The van der Waals surface area contributed by atoms with Gasteiger partial charge in [0.2, 0.25) is 0 Å². The van der Waals surface area contributed by atoms with Crippen molar-refractivity contribution in [2.45, 2.75) is 20.4 Å². The first-order valence-electron chi connectivity index (χ1n) is 7.76. The molecule has 2 heterocycles. The smallest absolute Gasteiger partial charge is 0.263 e. The molecule has 0 radical (unpaired) electrons. The largest absolute Gasteiger partial charge is 0.483 e. The average Bonchev–Trinajstić information content (AvgIpc) is 3.18. The molecule has 0 spiro atoms. The predicted octanol–water partition coefficient (Wildman–Crippen LogP) is 4.39. The van der Waals surface area contributed by atoms with E-state index in [0.717, 1.165) is 26.2 Å². The molecule has 0 saturated heterocycles. The van der Waals surface area contributed by atoms with Crippen molar-refractivity contribution >= 4 is 39.0 Å². The van der Waals surface area contributed by atoms with Crippen LogP contribution in [0.5, 0.6) is 5.75 Å². The number of halogens is 1. The van der Waals surface area contributed by atoms with Crippen LogP contribution in [-0.4, -0.2) is 22.3 Å². The van der Waals surface area contributed by atoms with E-state index in [4.69, 9.17) is 4.74 Å². The molecule has 3 aromatic rings. The number of rotatable bonds is 6. The lowest BCUT2D eigenvalue weighted by Crippen LogP contribution is -2.22. The molecule has 0 saturated carbocycles. The Balaban J connectivity index is 1.60. The highest BCUT2D eigenvalue weighted by Gasteiger charge is 2.10. The van der Waals surface area contributed by atoms with Crippen LogP contribution in [0.25, 0.3) is 0 Å². The van der Waals surface area contributed by atoms with Crippen molar-refractivity contribution < 1.29 is 9.53 Å². The van der Waals surface area contributed by atoms with Crippen molar-refractivity contribution in [2.75, 3.05) is 11.9 Å². The molecule has 7 heteroatoms. The molecular formula is C18H18BrN3O2S. The highest BCUT2D eigenvalue weighted by atomic mass is 79.9. The molecule has 0 bridgehead atoms. The summed E-state index contributed by atoms with van der Waals surface area (Å²) < 4.78 is 8.45. The molecular weight excluding hydrogens is 402 g/mol. The third-order valence-corrected chi connectivity index (χ3v) is 5.30. The summed E-state index contributed by atoms with van der Waals surface area (Å²) in [5.41, 5.74) is 2.10. The van der Waals surface area contributed by atoms with Crippen molar-refractivity contribution in [3.8, 4) is 5.75 Å². The van der Waals surface area contributed by atoms with Crippen molar-refractivity contribution in [3.63, 3.8) is 0 Å². The van der Waals surface area contributed by atoms with Crippen LogP contribution in [0.1, 0.15) is 16.0 Å². The second-order valence-corrected chi connectivity index (χ2v) is 7.62. The van der Waals surface area contributed by atoms with Gasteiger partial charge in [-0.25, -0.2) is 4.68 Å². The van der Waals surface area contributed by atoms with Gasteiger partial charge in [0.15, 0.2) is 6.61 Å². The van der Waals surface area contributed by atoms with Crippen LogP contribution >= 0.6 is 27.3 Å². The summed E-state index contributed by atoms with van der Waals surface area (Å²) in [7, 11) is 0. The van der Waals surface area contributed by atoms with Crippen LogP contribution in [-0.2, 0) is 11.3 Å². The predicted molar refractivity (Wildman–Crippen MR) is 103 cm³/mol. The maximum atomic E-state index is 12.2. The lowest BCUT2D eigenvalue weighted by molar-refractivity contribution is -0.118. The zero-order valence-corrected chi connectivity index (χ0v) is 16.4. The van der Waals surface area contributed by atoms with Crippen LogP contribution in [0.4, 0.5) is 5.82 Å². The quantitative estimate of drug-likeness (QED) is 0.644. The fraction of sp³-hybridized carbons (Fsp3) is 0.222. The van der Waals surface area contributed by atoms with E-state index in [1.165, 1.54) is 0 Å². The Bertz CT molecular complexity index is 888. The summed E-state index contributed by atoms with van der Waals surface area (Å²) in [4.78, 5) is 13.4. The highest BCUT2D eigenvalue weighted by molar-refractivity contribution is 9.10. The van der Waals surface area contributed by atoms with Crippen LogP contribution in [0.2, 0.25) is 0 Å². The number of nitrogens with zero attached hydrogens (tertiary/aromatic N) is 2. The SMILES string of the molecule is Cc1ccc(C)c(OCC(=O)Nc2ccnn2Cc2cc(Br)cs2)c1. The number of carbonyl (C=O) groups excluding carboxylic acids is 1. The molecule has 1 N–H and O–H groups in total. The minimum atomic E-state index is -0.213. The minimum absolute atomic E-state index is 0.0416. The number of aromatic nitrogens is 2. The molecule has 0 unspecified atom stereocenters. The number of hydrogen-bond acceptors (Lipinski definition) is 4. The Morgan fingerprint density at radius 1 is 1.32 bits per heavy atom. The summed E-state index contributed by atoms with van der Waals surface area (Å²) in [5, 5.41) is 9.14. The van der Waals surface area contributed by atoms with E-state index in [0.29, 0.717) is 12.4 Å². The molecule has 25 heavy (non-hydrogen) atoms. The second-order valence-electron chi connectivity index (χ2n) is 5.71. The van der Waals surface area contributed by atoms with Crippen LogP contribution in [0, 0.1) is 13.8 Å². The fourth-order valence-corrected chi connectivity index (χ4v) is 3.77. The standard InChI is InChI=1S/C18H18BrN3O2S/c1-12-3-4-13(2)16(7-12)24-10-18(23)21-17-5-6-20-22(17)9-15-8-14(19)11-25-15/h3-8,11H,9-10H2,1-2H3,(H,21,23). The molecule has 3 rings (SSSR count). The Kier molecular flexibility index (Phi) is 5.55. The maximum absolute atomic E-state index is 12.2. The van der Waals surface area contributed by atoms with Gasteiger partial charge in [0.05, 0.1) is 12.7 Å². The molecule has 130 valence electrons. The summed E-state index contributed by atoms with van der Waals surface area (Å²) in [6, 6.07) is 9.75. The molecule has 0 aliphatic carbocycles. The van der Waals surface area contributed by atoms with Crippen LogP contribution < -0.4 is 10.1 Å². The van der Waals surface area contributed by atoms with Gasteiger partial charge in [-0.1, -0.05) is 12.1 Å². The molecule has 0 aliphatic rings. The van der Waals surface area contributed by atoms with Crippen molar-refractivity contribution in [1.82, 2.24) is 9.78 Å². The Morgan fingerprint density at radius 2 is 2.16 bits per heavy atom. The number of hydrogen-bond donors (Lipinski definition) is 1. The number of carbonyl (C=O) groups is 1. The number of thiophene rings is 1. The molecule has 5 nitrogen and oxygen atoms in total. The summed E-state index contributed by atoms with van der Waals surface area (Å²) in [6.07, 6.45) is 1.67. The monoisotopic (exact) mass is 419 g/mol. The summed E-state index contributed by atoms with van der Waals surface area (Å²) in [5.74, 6) is 1.17. The van der Waals surface area contributed by atoms with E-state index in [9.17, 15) is 4.79 Å². The van der Waals surface area contributed by atoms with Gasteiger partial charge in [-0.05, 0) is 53.0 Å². The number of amides is 1. The summed E-state index contributed by atoms with van der Waals surface area (Å²) >= 11 is 5.08. The van der Waals surface area contributed by atoms with Gasteiger partial charge in [-0.3, -0.25) is 4.79 Å². The first-order chi connectivity index (χ1) is 12.0. The molecule has 1 aromatic carbocycles. The van der Waals surface area contributed by atoms with Gasteiger partial charge in [0.25, 0.3) is 5.91 Å². The van der Waals surface area contributed by atoms with E-state index in [1.54, 1.807) is 28.3 Å². The molecule has 0 fully saturated rings. The Morgan fingerprint density at radius 3 is 2.92 bits per heavy atom. The number of benzene rings is 1. The normalized spacial score (nSPS) is 10.7. The van der Waals surface area contributed by atoms with Crippen LogP contribution in [0.3, 0.4) is 0 Å². The van der Waals surface area contributed by atoms with E-state index in [-0.39, 0.29) is 12.5 Å². The van der Waals surface area contributed by atoms with E-state index < -0.39 is 0 Å². The van der Waals surface area contributed by atoms with Gasteiger partial charge < -0.3 is 10.1 Å². The Hall–Kier alpha value is -2.12. The zero-order valence-electron chi connectivity index (χ0n) is 14.0. The molecule has 0 aliphatic heterocycles. The van der Waals surface area contributed by atoms with E-state index >= 15 is 0 Å². The second kappa shape index (κ2) is 7.84. The van der Waals surface area contributed by atoms with E-state index in [1.807, 2.05) is 43.5 Å². The molecule has 0 atom stereocenters. The van der Waals surface area contributed by atoms with Gasteiger partial charge in [-0.15, -0.1) is 11.3 Å². The van der Waals surface area contributed by atoms with Crippen molar-refractivity contribution in [2.24, 2.45) is 0 Å². The van der Waals surface area contributed by atoms with Crippen LogP contribution in [0.15, 0.2) is 46.4 Å². The van der Waals surface area contributed by atoms with Gasteiger partial charge in [-0.2, -0.15) is 5.10 Å². The topological polar surface area (TPSA) is 56.1 Å². The Labute approximate surface area is 158 Å². The number of anilines is 1. The van der Waals surface area contributed by atoms with Gasteiger partial charge >= 0.3 is 0 Å². The third-order valence-electron chi connectivity index (χ3n) is 3.61. The number of ether oxygens (including phenoxy) is 1. The lowest BCUT2D eigenvalue weighted by atomic mass is 10.1. The zero-order chi connectivity index (χ0) is 17.8. The van der Waals surface area contributed by atoms with Crippen molar-refractivity contribution in [3.05, 3.63) is 62.4 Å². The van der Waals surface area contributed by atoms with Gasteiger partial charge in [0.1, 0.15) is 11.6 Å². The average molecular weight is 420 g/mol. The van der Waals surface area contributed by atoms with Crippen molar-refractivity contribution in [1.29, 1.82) is 0 Å². The van der Waals surface area contributed by atoms with E-state index in [2.05, 4.69) is 26.3 Å². The first kappa shape index (κ1) is 17.7. The summed E-state index contributed by atoms with van der Waals surface area (Å²) in [6.45, 7) is 4.52. The first-order valence-corrected chi connectivity index (χ1v) is 9.43. The minimum Gasteiger partial charge on any atom is -0.483 e. The fourth-order valence-electron chi connectivity index (χ4n) is 2.33. The highest BCUT2D eigenvalue weighted by Crippen LogP contribution is 2.22. The van der Waals surface area contributed by atoms with Gasteiger partial charge in [0, 0.05) is 20.8 Å². The molecule has 1 amide bonds. The number of nitrogens with one attached hydrogen (secondary N) is 1. The molecule has 2 aromatic heterocycles. The third kappa shape index (κ3) is 4.70. The lowest BCUT2D eigenvalue weighted by Gasteiger charge is -2.11.